The Morgan fingerprint density at radius 1 is 1.18 bits per heavy atom. The van der Waals surface area contributed by atoms with Gasteiger partial charge in [-0.2, -0.15) is 6.42 Å². The molecule has 153 valence electrons. The third-order valence-corrected chi connectivity index (χ3v) is 7.05. The van der Waals surface area contributed by atoms with Crippen molar-refractivity contribution in [3.05, 3.63) is 54.5 Å². The molecular formula is C25H37O2Y-. The van der Waals surface area contributed by atoms with E-state index < -0.39 is 0 Å². The van der Waals surface area contributed by atoms with Gasteiger partial charge in [-0.1, -0.05) is 62.6 Å². The van der Waals surface area contributed by atoms with Gasteiger partial charge in [0.15, 0.2) is 0 Å². The van der Waals surface area contributed by atoms with Crippen LogP contribution in [0.3, 0.4) is 0 Å². The molecule has 2 aliphatic carbocycles. The van der Waals surface area contributed by atoms with Gasteiger partial charge >= 0.3 is 0 Å². The Morgan fingerprint density at radius 2 is 1.89 bits per heavy atom. The molecule has 0 aliphatic heterocycles. The first kappa shape index (κ1) is 24.3. The van der Waals surface area contributed by atoms with Crippen LogP contribution in [-0.2, 0) is 32.7 Å². The Morgan fingerprint density at radius 3 is 2.46 bits per heavy atom. The number of unbranched alkanes of at least 4 members (excludes halogenated alkanes) is 1. The molecule has 0 aromatic heterocycles. The maximum atomic E-state index is 11.0. The van der Waals surface area contributed by atoms with Crippen molar-refractivity contribution < 1.29 is 42.9 Å². The van der Waals surface area contributed by atoms with Gasteiger partial charge in [-0.05, 0) is 55.6 Å². The average molecular weight is 458 g/mol. The number of allylic oxidation sites excluding steroid dienone is 2. The van der Waals surface area contributed by atoms with Gasteiger partial charge in [-0.3, -0.25) is 0 Å². The van der Waals surface area contributed by atoms with Crippen LogP contribution < -0.4 is 0 Å². The van der Waals surface area contributed by atoms with Crippen molar-refractivity contribution in [2.24, 2.45) is 11.3 Å². The predicted molar refractivity (Wildman–Crippen MR) is 112 cm³/mol. The van der Waals surface area contributed by atoms with Crippen molar-refractivity contribution in [2.45, 2.75) is 89.3 Å². The van der Waals surface area contributed by atoms with E-state index >= 15 is 0 Å². The second-order valence-corrected chi connectivity index (χ2v) is 8.82. The Bertz CT molecular complexity index is 605. The molecule has 0 saturated heterocycles. The first-order valence-corrected chi connectivity index (χ1v) is 11.0. The molecule has 1 aromatic rings. The summed E-state index contributed by atoms with van der Waals surface area (Å²) in [6, 6.07) is 8.53. The third kappa shape index (κ3) is 5.36. The summed E-state index contributed by atoms with van der Waals surface area (Å²) in [5.74, 6) is 0.726. The molecule has 2 N–H and O–H groups in total. The SMILES string of the molecule is [CH2-]CCC=CC[C@H]1CC[C@@H](O)[C@@H]1c1ccc(C(O)C2(CCC)CCC2)cc1.[Y]. The molecule has 2 saturated carbocycles. The number of hydrogen-bond acceptors (Lipinski definition) is 2. The molecule has 2 fully saturated rings. The molecule has 0 bridgehead atoms. The zero-order chi connectivity index (χ0) is 19.3. The minimum absolute atomic E-state index is 0. The zero-order valence-electron chi connectivity index (χ0n) is 17.5. The van der Waals surface area contributed by atoms with Crippen LogP contribution in [0.15, 0.2) is 36.4 Å². The largest absolute Gasteiger partial charge is 0.392 e. The quantitative estimate of drug-likeness (QED) is 0.347. The summed E-state index contributed by atoms with van der Waals surface area (Å²) in [5.41, 5.74) is 2.38. The number of rotatable bonds is 9. The Labute approximate surface area is 197 Å². The maximum Gasteiger partial charge on any atom is 0.0846 e. The first-order chi connectivity index (χ1) is 13.1. The fraction of sp³-hybridized carbons (Fsp3) is 0.640. The Balaban J connectivity index is 0.00000280. The average Bonchev–Trinajstić information content (AvgIpc) is 3.02. The van der Waals surface area contributed by atoms with Gasteiger partial charge in [0, 0.05) is 44.0 Å². The molecule has 1 unspecified atom stereocenters. The van der Waals surface area contributed by atoms with E-state index in [0.29, 0.717) is 5.92 Å². The summed E-state index contributed by atoms with van der Waals surface area (Å²) in [5, 5.41) is 21.5. The van der Waals surface area contributed by atoms with Crippen LogP contribution in [0.1, 0.15) is 94.3 Å². The van der Waals surface area contributed by atoms with Crippen molar-refractivity contribution >= 4 is 0 Å². The van der Waals surface area contributed by atoms with Gasteiger partial charge in [0.1, 0.15) is 0 Å². The molecule has 4 atom stereocenters. The Kier molecular flexibility index (Phi) is 9.87. The molecule has 0 amide bonds. The van der Waals surface area contributed by atoms with Gasteiger partial charge in [-0.25, -0.2) is 0 Å². The standard InChI is InChI=1S/C25H37O2.Y/c1-3-5-6-7-9-19-14-15-22(26)23(19)20-10-12-21(13-11-20)24(27)25(16-4-2)17-8-18-25;/h6-7,10-13,19,22-24,26-27H,1,3-5,8-9,14-18H2,2H3;/q-1;/t19-,22+,23-,24?;/m0./s1. The zero-order valence-corrected chi connectivity index (χ0v) is 20.4. The van der Waals surface area contributed by atoms with Crippen LogP contribution in [0.2, 0.25) is 0 Å². The summed E-state index contributed by atoms with van der Waals surface area (Å²) in [7, 11) is 0. The van der Waals surface area contributed by atoms with Crippen molar-refractivity contribution in [3.8, 4) is 0 Å². The number of benzene rings is 1. The topological polar surface area (TPSA) is 40.5 Å². The van der Waals surface area contributed by atoms with Crippen molar-refractivity contribution in [1.29, 1.82) is 0 Å². The van der Waals surface area contributed by atoms with Crippen LogP contribution >= 0.6 is 0 Å². The summed E-state index contributed by atoms with van der Waals surface area (Å²) in [6.07, 6.45) is 14.7. The Hall–Kier alpha value is -0.0161. The van der Waals surface area contributed by atoms with E-state index in [1.165, 1.54) is 12.0 Å². The van der Waals surface area contributed by atoms with E-state index in [4.69, 9.17) is 0 Å². The van der Waals surface area contributed by atoms with Crippen LogP contribution in [0, 0.1) is 18.3 Å². The smallest absolute Gasteiger partial charge is 0.0846 e. The van der Waals surface area contributed by atoms with Gasteiger partial charge in [0.05, 0.1) is 12.2 Å². The molecular weight excluding hydrogens is 421 g/mol. The molecule has 1 radical (unpaired) electrons. The number of aliphatic hydroxyl groups excluding tert-OH is 2. The third-order valence-electron chi connectivity index (χ3n) is 7.05. The fourth-order valence-corrected chi connectivity index (χ4v) is 5.37. The van der Waals surface area contributed by atoms with E-state index in [1.807, 2.05) is 0 Å². The molecule has 0 spiro atoms. The van der Waals surface area contributed by atoms with Crippen molar-refractivity contribution in [1.82, 2.24) is 0 Å². The summed E-state index contributed by atoms with van der Waals surface area (Å²) in [4.78, 5) is 0. The van der Waals surface area contributed by atoms with Gasteiger partial charge in [-0.15, -0.1) is 0 Å². The molecule has 2 aliphatic rings. The van der Waals surface area contributed by atoms with Crippen molar-refractivity contribution in [2.75, 3.05) is 0 Å². The van der Waals surface area contributed by atoms with Gasteiger partial charge < -0.3 is 17.1 Å². The van der Waals surface area contributed by atoms with Gasteiger partial charge in [0.25, 0.3) is 0 Å². The molecule has 28 heavy (non-hydrogen) atoms. The molecule has 0 heterocycles. The second-order valence-electron chi connectivity index (χ2n) is 8.82. The summed E-state index contributed by atoms with van der Waals surface area (Å²) >= 11 is 0. The summed E-state index contributed by atoms with van der Waals surface area (Å²) < 4.78 is 0. The van der Waals surface area contributed by atoms with Crippen LogP contribution in [0.4, 0.5) is 0 Å². The van der Waals surface area contributed by atoms with E-state index in [9.17, 15) is 10.2 Å². The minimum atomic E-state index is -0.352. The van der Waals surface area contributed by atoms with E-state index in [-0.39, 0.29) is 56.3 Å². The molecule has 1 aromatic carbocycles. The maximum absolute atomic E-state index is 11.0. The first-order valence-electron chi connectivity index (χ1n) is 11.0. The van der Waals surface area contributed by atoms with E-state index in [2.05, 4.69) is 50.3 Å². The number of aliphatic hydroxyl groups is 2. The molecule has 2 nitrogen and oxygen atoms in total. The monoisotopic (exact) mass is 458 g/mol. The normalized spacial score (nSPS) is 27.4. The van der Waals surface area contributed by atoms with Crippen molar-refractivity contribution in [3.63, 3.8) is 0 Å². The van der Waals surface area contributed by atoms with E-state index in [1.54, 1.807) is 0 Å². The molecule has 3 heteroatoms. The predicted octanol–water partition coefficient (Wildman–Crippen LogP) is 6.10. The minimum Gasteiger partial charge on any atom is -0.392 e. The van der Waals surface area contributed by atoms with Gasteiger partial charge in [0.2, 0.25) is 0 Å². The second kappa shape index (κ2) is 11.4. The fourth-order valence-electron chi connectivity index (χ4n) is 5.37. The van der Waals surface area contributed by atoms with Crippen LogP contribution in [0.25, 0.3) is 0 Å². The van der Waals surface area contributed by atoms with Crippen LogP contribution in [-0.4, -0.2) is 16.3 Å². The molecule has 3 rings (SSSR count). The summed E-state index contributed by atoms with van der Waals surface area (Å²) in [6.45, 7) is 6.09. The van der Waals surface area contributed by atoms with Crippen LogP contribution in [0.5, 0.6) is 0 Å². The van der Waals surface area contributed by atoms with E-state index in [0.717, 1.165) is 63.4 Å². The number of hydrogen-bond donors (Lipinski definition) is 2.